The quantitative estimate of drug-likeness (QED) is 0.233. The van der Waals surface area contributed by atoms with E-state index in [1.165, 1.54) is 16.7 Å². The van der Waals surface area contributed by atoms with Gasteiger partial charge in [0.25, 0.3) is 0 Å². The van der Waals surface area contributed by atoms with Crippen LogP contribution in [0.5, 0.6) is 0 Å². The first kappa shape index (κ1) is 32.0. The molecule has 0 heterocycles. The third-order valence-corrected chi connectivity index (χ3v) is 5.20. The van der Waals surface area contributed by atoms with Crippen LogP contribution in [0.4, 0.5) is 13.2 Å². The van der Waals surface area contributed by atoms with E-state index in [0.717, 1.165) is 16.8 Å². The maximum absolute atomic E-state index is 13.7. The van der Waals surface area contributed by atoms with Crippen LogP contribution >= 0.6 is 0 Å². The summed E-state index contributed by atoms with van der Waals surface area (Å²) in [6, 6.07) is 12.4. The Kier molecular flexibility index (Phi) is 14.0. The average Bonchev–Trinajstić information content (AvgIpc) is 3.22. The van der Waals surface area contributed by atoms with Crippen molar-refractivity contribution in [3.05, 3.63) is 88.8 Å². The van der Waals surface area contributed by atoms with Gasteiger partial charge in [-0.05, 0) is 11.6 Å². The van der Waals surface area contributed by atoms with Crippen LogP contribution in [0.2, 0.25) is 13.1 Å². The first-order valence-corrected chi connectivity index (χ1v) is 16.3. The average molecular weight is 587 g/mol. The van der Waals surface area contributed by atoms with Crippen molar-refractivity contribution in [1.82, 2.24) is 0 Å². The number of fused-ring (bicyclic) bond motifs is 1. The van der Waals surface area contributed by atoms with Crippen LogP contribution in [0.1, 0.15) is 27.7 Å². The predicted molar refractivity (Wildman–Crippen MR) is 122 cm³/mol. The van der Waals surface area contributed by atoms with Crippen molar-refractivity contribution < 1.29 is 61.3 Å². The molecule has 0 spiro atoms. The topological polar surface area (TPSA) is 0 Å². The van der Waals surface area contributed by atoms with Crippen molar-refractivity contribution in [2.45, 2.75) is 40.8 Å². The molecule has 0 aromatic heterocycles. The van der Waals surface area contributed by atoms with Gasteiger partial charge in [0.15, 0.2) is 11.6 Å². The standard InChI is InChI=1S/C15H8F3.C9H13.C2H6Si.2ClH.Zr/c16-10-7-13(15(18)14(17)8-10)12-6-5-9-3-1-2-4-11(9)12;1-6-5-7(2)9(4)8(6)3;1-3-2;;;/h1-8H;6H,1-4H3;1-2H3;2*1H;/q2*-1;;;;+2/p-2. The maximum Gasteiger partial charge on any atom is 0.161 e. The van der Waals surface area contributed by atoms with E-state index in [1.807, 2.05) is 12.1 Å². The van der Waals surface area contributed by atoms with Gasteiger partial charge in [-0.1, -0.05) is 32.8 Å². The second-order valence-corrected chi connectivity index (χ2v) is 17.3. The Balaban J connectivity index is 0.000000580. The first-order chi connectivity index (χ1) is 14.5. The summed E-state index contributed by atoms with van der Waals surface area (Å²) < 4.78 is 40.1. The Morgan fingerprint density at radius 2 is 1.55 bits per heavy atom. The molecule has 3 aromatic rings. The largest absolute Gasteiger partial charge is 1.00 e. The second kappa shape index (κ2) is 14.4. The fourth-order valence-corrected chi connectivity index (χ4v) is 3.30. The van der Waals surface area contributed by atoms with Gasteiger partial charge in [-0.25, -0.2) is 18.7 Å². The number of halogens is 5. The maximum atomic E-state index is 13.7. The first-order valence-electron chi connectivity index (χ1n) is 10.1. The Morgan fingerprint density at radius 3 is 2.03 bits per heavy atom. The Morgan fingerprint density at radius 1 is 0.970 bits per heavy atom. The summed E-state index contributed by atoms with van der Waals surface area (Å²) >= 11 is 1.74. The molecule has 4 rings (SSSR count). The van der Waals surface area contributed by atoms with Gasteiger partial charge in [-0.15, -0.1) is 53.6 Å². The minimum absolute atomic E-state index is 0. The number of benzene rings is 2. The van der Waals surface area contributed by atoms with Gasteiger partial charge in [-0.3, -0.25) is 6.08 Å². The molecule has 0 saturated heterocycles. The van der Waals surface area contributed by atoms with Crippen molar-refractivity contribution in [2.75, 3.05) is 0 Å². The number of hydrogen-bond donors (Lipinski definition) is 0. The molecule has 3 aromatic carbocycles. The third kappa shape index (κ3) is 8.62. The summed E-state index contributed by atoms with van der Waals surface area (Å²) in [6.07, 6.45) is 3.36. The van der Waals surface area contributed by atoms with Gasteiger partial charge in [0.2, 0.25) is 0 Å². The smallest absolute Gasteiger partial charge is 0.161 e. The number of hydrogen-bond acceptors (Lipinski definition) is 0. The molecular formula is C26H27Cl2F3SiZr-2. The van der Waals surface area contributed by atoms with Crippen molar-refractivity contribution in [3.63, 3.8) is 0 Å². The molecule has 0 fully saturated rings. The van der Waals surface area contributed by atoms with Crippen molar-refractivity contribution in [2.24, 2.45) is 5.92 Å². The van der Waals surface area contributed by atoms with Gasteiger partial charge in [0.05, 0.1) is 0 Å². The fraction of sp³-hybridized carbons (Fsp3) is 0.269. The Bertz CT molecular complexity index is 1160. The van der Waals surface area contributed by atoms with Crippen LogP contribution in [0.3, 0.4) is 0 Å². The molecule has 1 unspecified atom stereocenters. The molecule has 0 amide bonds. The Labute approximate surface area is 222 Å². The minimum atomic E-state index is -1.17. The number of allylic oxidation sites excluding steroid dienone is 4. The van der Waals surface area contributed by atoms with Crippen LogP contribution < -0.4 is 24.8 Å². The van der Waals surface area contributed by atoms with Gasteiger partial charge in [-0.2, -0.15) is 11.1 Å². The van der Waals surface area contributed by atoms with Crippen LogP contribution in [0.15, 0.2) is 65.3 Å². The molecule has 1 aliphatic carbocycles. The zero-order valence-electron chi connectivity index (χ0n) is 19.6. The summed E-state index contributed by atoms with van der Waals surface area (Å²) in [4.78, 5) is 0. The van der Waals surface area contributed by atoms with Crippen molar-refractivity contribution in [3.8, 4) is 11.1 Å². The van der Waals surface area contributed by atoms with Crippen LogP contribution in [-0.4, -0.2) is 5.43 Å². The van der Waals surface area contributed by atoms with Gasteiger partial charge >= 0.3 is 41.9 Å². The SMILES string of the molecule is CC1=[C-]C(C)C(C)=C1C.C[Si](C)=[Zr+2].Fc1cc(F)c(F)c(-c2c[cH-]c3ccccc23)c1.[Cl-].[Cl-]. The second-order valence-electron chi connectivity index (χ2n) is 7.88. The van der Waals surface area contributed by atoms with E-state index >= 15 is 0 Å². The van der Waals surface area contributed by atoms with Crippen LogP contribution in [0, 0.1) is 29.4 Å². The van der Waals surface area contributed by atoms with Crippen molar-refractivity contribution in [1.29, 1.82) is 0 Å². The Hall–Kier alpha value is -1.00. The summed E-state index contributed by atoms with van der Waals surface area (Å²) in [5, 5.41) is 1.69. The van der Waals surface area contributed by atoms with E-state index in [4.69, 9.17) is 0 Å². The van der Waals surface area contributed by atoms with E-state index in [2.05, 4.69) is 46.9 Å². The zero-order chi connectivity index (χ0) is 23.3. The summed E-state index contributed by atoms with van der Waals surface area (Å²) in [5.41, 5.74) is 4.91. The minimum Gasteiger partial charge on any atom is -1.00 e. The molecule has 0 N–H and O–H groups in total. The molecular weight excluding hydrogens is 559 g/mol. The number of rotatable bonds is 1. The molecule has 176 valence electrons. The molecule has 33 heavy (non-hydrogen) atoms. The molecule has 1 aliphatic rings. The van der Waals surface area contributed by atoms with E-state index < -0.39 is 17.5 Å². The summed E-state index contributed by atoms with van der Waals surface area (Å²) in [5.74, 6) is -2.41. The van der Waals surface area contributed by atoms with Gasteiger partial charge < -0.3 is 24.8 Å². The third-order valence-electron chi connectivity index (χ3n) is 5.20. The zero-order valence-corrected chi connectivity index (χ0v) is 24.6. The molecule has 1 atom stereocenters. The van der Waals surface area contributed by atoms with Crippen LogP contribution in [0.25, 0.3) is 21.9 Å². The molecule has 0 saturated carbocycles. The molecule has 0 radical (unpaired) electrons. The van der Waals surface area contributed by atoms with E-state index in [1.54, 1.807) is 47.6 Å². The molecule has 0 nitrogen and oxygen atoms in total. The van der Waals surface area contributed by atoms with E-state index in [9.17, 15) is 13.2 Å². The molecule has 0 aliphatic heterocycles. The summed E-state index contributed by atoms with van der Waals surface area (Å²) in [6.45, 7) is 13.3. The normalized spacial score (nSPS) is 14.3. The van der Waals surface area contributed by atoms with Gasteiger partial charge in [0.1, 0.15) is 5.82 Å². The van der Waals surface area contributed by atoms with E-state index in [0.29, 0.717) is 17.5 Å². The molecule has 7 heteroatoms. The van der Waals surface area contributed by atoms with Gasteiger partial charge in [0, 0.05) is 6.07 Å². The van der Waals surface area contributed by atoms with Crippen LogP contribution in [-0.2, 0) is 23.3 Å². The summed E-state index contributed by atoms with van der Waals surface area (Å²) in [7, 11) is 0. The fourth-order valence-electron chi connectivity index (χ4n) is 3.30. The molecule has 0 bridgehead atoms. The van der Waals surface area contributed by atoms with Crippen molar-refractivity contribution >= 4 is 16.2 Å². The predicted octanol–water partition coefficient (Wildman–Crippen LogP) is 2.16. The van der Waals surface area contributed by atoms with E-state index in [-0.39, 0.29) is 35.8 Å². The monoisotopic (exact) mass is 584 g/mol.